The molecule has 2 aliphatic heterocycles. The Morgan fingerprint density at radius 2 is 1.64 bits per heavy atom. The molecule has 0 aromatic heterocycles. The summed E-state index contributed by atoms with van der Waals surface area (Å²) < 4.78 is 0. The zero-order valence-corrected chi connectivity index (χ0v) is 15.0. The van der Waals surface area contributed by atoms with Crippen molar-refractivity contribution in [1.82, 2.24) is 9.80 Å². The van der Waals surface area contributed by atoms with Crippen molar-refractivity contribution in [2.75, 3.05) is 32.7 Å². The molecule has 140 valence electrons. The second-order valence-corrected chi connectivity index (χ2v) is 7.95. The van der Waals surface area contributed by atoms with Crippen LogP contribution < -0.4 is 0 Å². The molecule has 0 aromatic carbocycles. The SMILES string of the molecule is O=C(O)C1(C(=O)N2CCC(O)(CN3CCCCC3)CC2)CC=CCC1. The highest BCUT2D eigenvalue weighted by Crippen LogP contribution is 2.37. The van der Waals surface area contributed by atoms with Crippen molar-refractivity contribution in [1.29, 1.82) is 0 Å². The van der Waals surface area contributed by atoms with Crippen LogP contribution in [0.4, 0.5) is 0 Å². The van der Waals surface area contributed by atoms with Crippen LogP contribution in [0.2, 0.25) is 0 Å². The first-order valence-electron chi connectivity index (χ1n) is 9.58. The molecule has 2 fully saturated rings. The van der Waals surface area contributed by atoms with Gasteiger partial charge in [-0.05, 0) is 58.0 Å². The summed E-state index contributed by atoms with van der Waals surface area (Å²) in [5.74, 6) is -1.29. The maximum Gasteiger partial charge on any atom is 0.319 e. The van der Waals surface area contributed by atoms with Crippen LogP contribution in [0.1, 0.15) is 51.4 Å². The van der Waals surface area contributed by atoms with Crippen molar-refractivity contribution in [2.24, 2.45) is 5.41 Å². The van der Waals surface area contributed by atoms with Crippen molar-refractivity contribution in [2.45, 2.75) is 57.0 Å². The van der Waals surface area contributed by atoms with Crippen molar-refractivity contribution in [3.63, 3.8) is 0 Å². The molecule has 3 rings (SSSR count). The van der Waals surface area contributed by atoms with Gasteiger partial charge >= 0.3 is 5.97 Å². The predicted molar refractivity (Wildman–Crippen MR) is 94.1 cm³/mol. The summed E-state index contributed by atoms with van der Waals surface area (Å²) in [6.45, 7) is 3.64. The lowest BCUT2D eigenvalue weighted by molar-refractivity contribution is -0.163. The highest BCUT2D eigenvalue weighted by molar-refractivity contribution is 6.02. The number of carbonyl (C=O) groups excluding carboxylic acids is 1. The van der Waals surface area contributed by atoms with E-state index in [1.165, 1.54) is 19.3 Å². The van der Waals surface area contributed by atoms with Gasteiger partial charge in [0.1, 0.15) is 5.41 Å². The quantitative estimate of drug-likeness (QED) is 0.595. The number of aliphatic hydroxyl groups is 1. The number of allylic oxidation sites excluding steroid dienone is 2. The molecule has 3 aliphatic rings. The van der Waals surface area contributed by atoms with Gasteiger partial charge in [0, 0.05) is 19.6 Å². The smallest absolute Gasteiger partial charge is 0.319 e. The number of carbonyl (C=O) groups is 2. The number of carboxylic acid groups (broad SMARTS) is 1. The number of aliphatic carboxylic acids is 1. The lowest BCUT2D eigenvalue weighted by Crippen LogP contribution is -2.56. The zero-order valence-electron chi connectivity index (χ0n) is 15.0. The molecule has 0 spiro atoms. The fraction of sp³-hybridized carbons (Fsp3) is 0.789. The number of β-amino-alcohol motifs (C(OH)–C–C–N with tert-alkyl or cyclic N) is 1. The van der Waals surface area contributed by atoms with Crippen LogP contribution in [0.15, 0.2) is 12.2 Å². The number of rotatable bonds is 4. The molecule has 1 atom stereocenters. The van der Waals surface area contributed by atoms with Crippen molar-refractivity contribution >= 4 is 11.9 Å². The minimum atomic E-state index is -1.31. The standard InChI is InChI=1S/C19H30N2O4/c22-16(19(17(23)24)7-3-1-4-8-19)21-13-9-18(25,10-14-21)15-20-11-5-2-6-12-20/h1,3,25H,2,4-15H2,(H,23,24). The lowest BCUT2D eigenvalue weighted by atomic mass is 9.75. The minimum absolute atomic E-state index is 0.274. The molecule has 2 heterocycles. The first-order valence-corrected chi connectivity index (χ1v) is 9.58. The van der Waals surface area contributed by atoms with E-state index in [9.17, 15) is 19.8 Å². The van der Waals surface area contributed by atoms with Gasteiger partial charge in [-0.3, -0.25) is 9.59 Å². The Bertz CT molecular complexity index is 534. The third-order valence-electron chi connectivity index (χ3n) is 6.14. The molecular formula is C19H30N2O4. The Labute approximate surface area is 149 Å². The molecule has 1 aliphatic carbocycles. The van der Waals surface area contributed by atoms with Crippen LogP contribution in [0.5, 0.6) is 0 Å². The third-order valence-corrected chi connectivity index (χ3v) is 6.14. The van der Waals surface area contributed by atoms with Crippen molar-refractivity contribution in [3.05, 3.63) is 12.2 Å². The molecule has 0 saturated carbocycles. The molecule has 6 heteroatoms. The molecule has 1 unspecified atom stereocenters. The Kier molecular flexibility index (Phi) is 5.49. The maximum absolute atomic E-state index is 12.9. The fourth-order valence-corrected chi connectivity index (χ4v) is 4.43. The molecular weight excluding hydrogens is 320 g/mol. The lowest BCUT2D eigenvalue weighted by Gasteiger charge is -2.44. The Balaban J connectivity index is 1.60. The van der Waals surface area contributed by atoms with Gasteiger partial charge in [0.2, 0.25) is 5.91 Å². The molecule has 2 saturated heterocycles. The number of hydrogen-bond donors (Lipinski definition) is 2. The normalized spacial score (nSPS) is 30.2. The number of hydrogen-bond acceptors (Lipinski definition) is 4. The largest absolute Gasteiger partial charge is 0.480 e. The molecule has 25 heavy (non-hydrogen) atoms. The maximum atomic E-state index is 12.9. The van der Waals surface area contributed by atoms with Gasteiger partial charge < -0.3 is 20.0 Å². The topological polar surface area (TPSA) is 81.1 Å². The summed E-state index contributed by atoms with van der Waals surface area (Å²) in [7, 11) is 0. The van der Waals surface area contributed by atoms with E-state index < -0.39 is 17.0 Å². The van der Waals surface area contributed by atoms with Gasteiger partial charge in [0.25, 0.3) is 0 Å². The van der Waals surface area contributed by atoms with Crippen LogP contribution in [-0.2, 0) is 9.59 Å². The highest BCUT2D eigenvalue weighted by Gasteiger charge is 2.49. The van der Waals surface area contributed by atoms with E-state index in [0.29, 0.717) is 45.3 Å². The molecule has 0 aromatic rings. The number of piperidine rings is 2. The Morgan fingerprint density at radius 3 is 2.20 bits per heavy atom. The van der Waals surface area contributed by atoms with Gasteiger partial charge in [-0.15, -0.1) is 0 Å². The molecule has 2 N–H and O–H groups in total. The second-order valence-electron chi connectivity index (χ2n) is 7.95. The third kappa shape index (κ3) is 3.90. The summed E-state index contributed by atoms with van der Waals surface area (Å²) >= 11 is 0. The molecule has 1 amide bonds. The van der Waals surface area contributed by atoms with Crippen LogP contribution >= 0.6 is 0 Å². The monoisotopic (exact) mass is 350 g/mol. The number of nitrogens with zero attached hydrogens (tertiary/aromatic N) is 2. The van der Waals surface area contributed by atoms with Crippen molar-refractivity contribution < 1.29 is 19.8 Å². The summed E-state index contributed by atoms with van der Waals surface area (Å²) in [5.41, 5.74) is -2.06. The Hall–Kier alpha value is -1.40. The van der Waals surface area contributed by atoms with E-state index in [2.05, 4.69) is 4.90 Å². The first kappa shape index (κ1) is 18.4. The zero-order chi connectivity index (χ0) is 17.9. The van der Waals surface area contributed by atoms with Gasteiger partial charge in [-0.1, -0.05) is 18.6 Å². The predicted octanol–water partition coefficient (Wildman–Crippen LogP) is 1.64. The summed E-state index contributed by atoms with van der Waals surface area (Å²) in [6.07, 6.45) is 9.73. The molecule has 0 radical (unpaired) electrons. The minimum Gasteiger partial charge on any atom is -0.480 e. The van der Waals surface area contributed by atoms with E-state index >= 15 is 0 Å². The summed E-state index contributed by atoms with van der Waals surface area (Å²) in [6, 6.07) is 0. The average Bonchev–Trinajstić information content (AvgIpc) is 2.63. The highest BCUT2D eigenvalue weighted by atomic mass is 16.4. The number of carboxylic acids is 1. The van der Waals surface area contributed by atoms with Gasteiger partial charge in [0.05, 0.1) is 5.60 Å². The van der Waals surface area contributed by atoms with Crippen LogP contribution in [0.3, 0.4) is 0 Å². The Morgan fingerprint density at radius 1 is 0.960 bits per heavy atom. The van der Waals surface area contributed by atoms with E-state index in [4.69, 9.17) is 0 Å². The van der Waals surface area contributed by atoms with E-state index in [1.807, 2.05) is 12.2 Å². The van der Waals surface area contributed by atoms with Gasteiger partial charge in [-0.25, -0.2) is 0 Å². The average molecular weight is 350 g/mol. The molecule has 0 bridgehead atoms. The summed E-state index contributed by atoms with van der Waals surface area (Å²) in [5, 5.41) is 20.6. The summed E-state index contributed by atoms with van der Waals surface area (Å²) in [4.78, 5) is 28.7. The second kappa shape index (κ2) is 7.46. The number of amides is 1. The van der Waals surface area contributed by atoms with Crippen molar-refractivity contribution in [3.8, 4) is 0 Å². The van der Waals surface area contributed by atoms with E-state index in [0.717, 1.165) is 13.1 Å². The fourth-order valence-electron chi connectivity index (χ4n) is 4.43. The van der Waals surface area contributed by atoms with Crippen LogP contribution in [0, 0.1) is 5.41 Å². The van der Waals surface area contributed by atoms with Gasteiger partial charge in [-0.2, -0.15) is 0 Å². The van der Waals surface area contributed by atoms with Crippen LogP contribution in [-0.4, -0.2) is 70.2 Å². The number of likely N-dealkylation sites (tertiary alicyclic amines) is 2. The molecule has 6 nitrogen and oxygen atoms in total. The van der Waals surface area contributed by atoms with E-state index in [-0.39, 0.29) is 12.3 Å². The van der Waals surface area contributed by atoms with E-state index in [1.54, 1.807) is 4.90 Å². The van der Waals surface area contributed by atoms with Crippen LogP contribution in [0.25, 0.3) is 0 Å². The first-order chi connectivity index (χ1) is 12.0. The van der Waals surface area contributed by atoms with Gasteiger partial charge in [0.15, 0.2) is 0 Å².